The number of halogens is 1. The molecule has 0 radical (unpaired) electrons. The van der Waals surface area contributed by atoms with Gasteiger partial charge < -0.3 is 9.84 Å². The third-order valence-electron chi connectivity index (χ3n) is 2.54. The van der Waals surface area contributed by atoms with Crippen LogP contribution in [0.15, 0.2) is 17.0 Å². The number of benzene rings is 1. The van der Waals surface area contributed by atoms with E-state index in [1.165, 1.54) is 13.0 Å². The lowest BCUT2D eigenvalue weighted by Gasteiger charge is -2.14. The van der Waals surface area contributed by atoms with Crippen LogP contribution in [0.5, 0.6) is 5.75 Å². The summed E-state index contributed by atoms with van der Waals surface area (Å²) in [6, 6.07) is 2.97. The van der Waals surface area contributed by atoms with Crippen molar-refractivity contribution in [3.8, 4) is 5.75 Å². The van der Waals surface area contributed by atoms with E-state index >= 15 is 0 Å². The highest BCUT2D eigenvalue weighted by Crippen LogP contribution is 2.30. The van der Waals surface area contributed by atoms with Gasteiger partial charge in [-0.2, -0.15) is 0 Å². The number of aryl methyl sites for hydroxylation is 1. The minimum absolute atomic E-state index is 0.0119. The molecule has 5 nitrogen and oxygen atoms in total. The Morgan fingerprint density at radius 2 is 2.10 bits per heavy atom. The van der Waals surface area contributed by atoms with Crippen LogP contribution in [0, 0.1) is 6.92 Å². The third kappa shape index (κ3) is 4.63. The number of ether oxygens (including phenoxy) is 1. The van der Waals surface area contributed by atoms with Crippen molar-refractivity contribution in [1.29, 1.82) is 0 Å². The van der Waals surface area contributed by atoms with Gasteiger partial charge in [0.25, 0.3) is 0 Å². The van der Waals surface area contributed by atoms with Crippen molar-refractivity contribution in [1.82, 2.24) is 4.72 Å². The van der Waals surface area contributed by atoms with Crippen LogP contribution in [-0.2, 0) is 10.0 Å². The molecular weight excluding hydrogens is 302 g/mol. The Kier molecular flexibility index (Phi) is 6.26. The van der Waals surface area contributed by atoms with Crippen LogP contribution in [0.2, 0.25) is 5.02 Å². The number of rotatable bonds is 7. The lowest BCUT2D eigenvalue weighted by Crippen LogP contribution is -2.31. The SMILES string of the molecule is CCCOc1cc(C)c(Cl)cc1S(=O)(=O)NC[C@H](C)O. The fourth-order valence-corrected chi connectivity index (χ4v) is 2.98. The Morgan fingerprint density at radius 3 is 2.65 bits per heavy atom. The predicted octanol–water partition coefficient (Wildman–Crippen LogP) is 2.10. The van der Waals surface area contributed by atoms with E-state index in [-0.39, 0.29) is 17.2 Å². The molecule has 1 aromatic carbocycles. The van der Waals surface area contributed by atoms with E-state index in [4.69, 9.17) is 16.3 Å². The minimum Gasteiger partial charge on any atom is -0.492 e. The summed E-state index contributed by atoms with van der Waals surface area (Å²) in [4.78, 5) is -0.0119. The molecule has 0 amide bonds. The predicted molar refractivity (Wildman–Crippen MR) is 78.8 cm³/mol. The van der Waals surface area contributed by atoms with Gasteiger partial charge in [0.15, 0.2) is 0 Å². The molecule has 0 heterocycles. The van der Waals surface area contributed by atoms with Gasteiger partial charge in [-0.25, -0.2) is 13.1 Å². The highest BCUT2D eigenvalue weighted by Gasteiger charge is 2.21. The second-order valence-corrected chi connectivity index (χ2v) is 6.74. The zero-order valence-electron chi connectivity index (χ0n) is 11.8. The normalized spacial score (nSPS) is 13.2. The molecule has 0 aliphatic heterocycles. The van der Waals surface area contributed by atoms with Gasteiger partial charge in [0.2, 0.25) is 10.0 Å². The van der Waals surface area contributed by atoms with Crippen molar-refractivity contribution in [3.63, 3.8) is 0 Å². The monoisotopic (exact) mass is 321 g/mol. The lowest BCUT2D eigenvalue weighted by atomic mass is 10.2. The first kappa shape index (κ1) is 17.2. The topological polar surface area (TPSA) is 75.6 Å². The molecule has 0 aliphatic rings. The van der Waals surface area contributed by atoms with Crippen molar-refractivity contribution in [3.05, 3.63) is 22.7 Å². The van der Waals surface area contributed by atoms with E-state index < -0.39 is 16.1 Å². The summed E-state index contributed by atoms with van der Waals surface area (Å²) in [5.74, 6) is 0.270. The van der Waals surface area contributed by atoms with E-state index in [1.54, 1.807) is 13.0 Å². The van der Waals surface area contributed by atoms with E-state index in [0.29, 0.717) is 11.6 Å². The molecule has 2 N–H and O–H groups in total. The van der Waals surface area contributed by atoms with Gasteiger partial charge in [-0.1, -0.05) is 18.5 Å². The Labute approximate surface area is 125 Å². The van der Waals surface area contributed by atoms with Crippen LogP contribution in [-0.4, -0.2) is 32.8 Å². The van der Waals surface area contributed by atoms with E-state index in [0.717, 1.165) is 12.0 Å². The Balaban J connectivity index is 3.16. The standard InChI is InChI=1S/C13H20ClNO4S/c1-4-5-19-12-6-9(2)11(14)7-13(12)20(17,18)15-8-10(3)16/h6-7,10,15-16H,4-5,8H2,1-3H3/t10-/m0/s1. The summed E-state index contributed by atoms with van der Waals surface area (Å²) in [6.07, 6.45) is -0.00636. The number of aliphatic hydroxyl groups is 1. The van der Waals surface area contributed by atoms with Crippen LogP contribution >= 0.6 is 11.6 Å². The largest absolute Gasteiger partial charge is 0.492 e. The molecule has 20 heavy (non-hydrogen) atoms. The molecule has 114 valence electrons. The first-order valence-corrected chi connectivity index (χ1v) is 8.24. The van der Waals surface area contributed by atoms with Crippen molar-refractivity contribution in [2.45, 2.75) is 38.2 Å². The number of aliphatic hydroxyl groups excluding tert-OH is 1. The molecule has 7 heteroatoms. The van der Waals surface area contributed by atoms with Gasteiger partial charge in [-0.15, -0.1) is 0 Å². The van der Waals surface area contributed by atoms with E-state index in [2.05, 4.69) is 4.72 Å². The molecule has 0 saturated heterocycles. The smallest absolute Gasteiger partial charge is 0.244 e. The minimum atomic E-state index is -3.78. The zero-order valence-corrected chi connectivity index (χ0v) is 13.4. The number of nitrogens with one attached hydrogen (secondary N) is 1. The van der Waals surface area contributed by atoms with Gasteiger partial charge >= 0.3 is 0 Å². The van der Waals surface area contributed by atoms with Gasteiger partial charge in [0, 0.05) is 11.6 Å². The molecule has 0 saturated carbocycles. The Morgan fingerprint density at radius 1 is 1.45 bits per heavy atom. The highest BCUT2D eigenvalue weighted by atomic mass is 35.5. The van der Waals surface area contributed by atoms with Crippen LogP contribution in [0.4, 0.5) is 0 Å². The number of hydrogen-bond acceptors (Lipinski definition) is 4. The Hall–Kier alpha value is -0.820. The molecule has 0 fully saturated rings. The summed E-state index contributed by atoms with van der Waals surface area (Å²) in [5, 5.41) is 9.54. The van der Waals surface area contributed by atoms with Crippen LogP contribution in [0.3, 0.4) is 0 Å². The molecule has 0 unspecified atom stereocenters. The van der Waals surface area contributed by atoms with Gasteiger partial charge in [-0.3, -0.25) is 0 Å². The third-order valence-corrected chi connectivity index (χ3v) is 4.40. The summed E-state index contributed by atoms with van der Waals surface area (Å²) in [7, 11) is -3.78. The van der Waals surface area contributed by atoms with Gasteiger partial charge in [0.05, 0.1) is 12.7 Å². The van der Waals surface area contributed by atoms with Crippen molar-refractivity contribution >= 4 is 21.6 Å². The molecule has 0 bridgehead atoms. The summed E-state index contributed by atoms with van der Waals surface area (Å²) in [6.45, 7) is 5.56. The lowest BCUT2D eigenvalue weighted by molar-refractivity contribution is 0.198. The quantitative estimate of drug-likeness (QED) is 0.806. The average Bonchev–Trinajstić information content (AvgIpc) is 2.37. The second-order valence-electron chi connectivity index (χ2n) is 4.60. The molecule has 1 rings (SSSR count). The first-order valence-electron chi connectivity index (χ1n) is 6.38. The maximum Gasteiger partial charge on any atom is 0.244 e. The fourth-order valence-electron chi connectivity index (χ4n) is 1.48. The molecule has 0 spiro atoms. The fraction of sp³-hybridized carbons (Fsp3) is 0.538. The zero-order chi connectivity index (χ0) is 15.3. The van der Waals surface area contributed by atoms with Crippen LogP contribution in [0.1, 0.15) is 25.8 Å². The maximum atomic E-state index is 12.2. The molecule has 1 aromatic rings. The van der Waals surface area contributed by atoms with E-state index in [9.17, 15) is 13.5 Å². The van der Waals surface area contributed by atoms with Gasteiger partial charge in [0.1, 0.15) is 10.6 Å². The van der Waals surface area contributed by atoms with Crippen LogP contribution < -0.4 is 9.46 Å². The molecular formula is C13H20ClNO4S. The molecule has 1 atom stereocenters. The molecule has 0 aliphatic carbocycles. The van der Waals surface area contributed by atoms with Crippen molar-refractivity contribution in [2.24, 2.45) is 0 Å². The van der Waals surface area contributed by atoms with Crippen LogP contribution in [0.25, 0.3) is 0 Å². The Bertz CT molecular complexity index is 558. The molecule has 0 aromatic heterocycles. The summed E-state index contributed by atoms with van der Waals surface area (Å²) >= 11 is 5.99. The van der Waals surface area contributed by atoms with Gasteiger partial charge in [-0.05, 0) is 38.0 Å². The second kappa shape index (κ2) is 7.26. The van der Waals surface area contributed by atoms with E-state index in [1.807, 2.05) is 6.92 Å². The maximum absolute atomic E-state index is 12.2. The first-order chi connectivity index (χ1) is 9.27. The average molecular weight is 322 g/mol. The highest BCUT2D eigenvalue weighted by molar-refractivity contribution is 7.89. The number of hydrogen-bond donors (Lipinski definition) is 2. The number of sulfonamides is 1. The summed E-state index contributed by atoms with van der Waals surface area (Å²) in [5.41, 5.74) is 0.743. The van der Waals surface area contributed by atoms with Crippen molar-refractivity contribution < 1.29 is 18.3 Å². The summed E-state index contributed by atoms with van der Waals surface area (Å²) < 4.78 is 32.2. The van der Waals surface area contributed by atoms with Crippen molar-refractivity contribution in [2.75, 3.05) is 13.2 Å².